The van der Waals surface area contributed by atoms with E-state index in [-0.39, 0.29) is 22.4 Å². The summed E-state index contributed by atoms with van der Waals surface area (Å²) >= 11 is 0. The van der Waals surface area contributed by atoms with E-state index in [1.54, 1.807) is 89.5 Å². The summed E-state index contributed by atoms with van der Waals surface area (Å²) in [7, 11) is 0. The van der Waals surface area contributed by atoms with Crippen LogP contribution in [0.3, 0.4) is 0 Å². The van der Waals surface area contributed by atoms with Gasteiger partial charge in [-0.2, -0.15) is 39.5 Å². The van der Waals surface area contributed by atoms with Crippen LogP contribution in [0.1, 0.15) is 33.4 Å². The Kier molecular flexibility index (Phi) is 7.04. The van der Waals surface area contributed by atoms with Crippen molar-refractivity contribution >= 4 is 43.6 Å². The number of fused-ring (bicyclic) bond motifs is 6. The summed E-state index contributed by atoms with van der Waals surface area (Å²) in [6.45, 7) is 0. The van der Waals surface area contributed by atoms with Crippen LogP contribution in [-0.2, 0) is 6.18 Å². The summed E-state index contributed by atoms with van der Waals surface area (Å²) < 4.78 is 47.5. The van der Waals surface area contributed by atoms with Gasteiger partial charge in [0, 0.05) is 27.1 Å². The highest BCUT2D eigenvalue weighted by Crippen LogP contribution is 2.45. The number of nitrogens with zero attached hydrogens (tertiary/aromatic N) is 7. The molecule has 0 amide bonds. The van der Waals surface area contributed by atoms with Crippen molar-refractivity contribution in [3.8, 4) is 52.8 Å². The highest BCUT2D eigenvalue weighted by atomic mass is 19.4. The standard InChI is InChI=1S/C42H18F3N7/c43-42(44,45)35-4-2-1-3-28(35)29-9-14-40(51-36-10-5-24(19-46)15-30(36)31-16-25(20-47)6-11-37(31)51)34(23-50)41(29)52-38-12-7-26(21-48)17-32(38)33-18-27(22-49)8-13-39(33)52/h1-18H. The summed E-state index contributed by atoms with van der Waals surface area (Å²) in [4.78, 5) is 0. The molecule has 8 aromatic rings. The molecule has 0 radical (unpaired) electrons. The predicted octanol–water partition coefficient (Wildman–Crippen LogP) is 9.92. The van der Waals surface area contributed by atoms with Gasteiger partial charge < -0.3 is 9.13 Å². The summed E-state index contributed by atoms with van der Waals surface area (Å²) in [5, 5.41) is 52.5. The highest BCUT2D eigenvalue weighted by molar-refractivity contribution is 6.12. The lowest BCUT2D eigenvalue weighted by atomic mass is 9.94. The molecule has 2 aromatic heterocycles. The minimum absolute atomic E-state index is 0.0366. The summed E-state index contributed by atoms with van der Waals surface area (Å²) in [6, 6.07) is 39.2. The van der Waals surface area contributed by atoms with Gasteiger partial charge in [-0.15, -0.1) is 0 Å². The number of hydrogen-bond acceptors (Lipinski definition) is 5. The van der Waals surface area contributed by atoms with Crippen LogP contribution in [-0.4, -0.2) is 9.13 Å². The van der Waals surface area contributed by atoms with Gasteiger partial charge in [-0.1, -0.05) is 24.3 Å². The number of halogens is 3. The molecule has 0 saturated heterocycles. The maximum Gasteiger partial charge on any atom is 0.417 e. The molecule has 0 bridgehead atoms. The van der Waals surface area contributed by atoms with Gasteiger partial charge in [0.15, 0.2) is 0 Å². The molecule has 0 N–H and O–H groups in total. The van der Waals surface area contributed by atoms with Gasteiger partial charge in [0.25, 0.3) is 0 Å². The third kappa shape index (κ3) is 4.63. The predicted molar refractivity (Wildman–Crippen MR) is 189 cm³/mol. The minimum Gasteiger partial charge on any atom is -0.308 e. The van der Waals surface area contributed by atoms with Crippen LogP contribution in [0.15, 0.2) is 109 Å². The number of aromatic nitrogens is 2. The fraction of sp³-hybridized carbons (Fsp3) is 0.0238. The third-order valence-corrected chi connectivity index (χ3v) is 9.30. The molecule has 0 saturated carbocycles. The first-order valence-corrected chi connectivity index (χ1v) is 15.7. The molecule has 8 rings (SSSR count). The molecule has 0 aliphatic rings. The zero-order valence-corrected chi connectivity index (χ0v) is 26.7. The SMILES string of the molecule is N#Cc1ccc2c(c1)c1cc(C#N)ccc1n2-c1ccc(-c2ccccc2C(F)(F)F)c(-n2c3ccc(C#N)cc3c3cc(C#N)ccc32)c1C#N. The van der Waals surface area contributed by atoms with Crippen molar-refractivity contribution < 1.29 is 13.2 Å². The van der Waals surface area contributed by atoms with Gasteiger partial charge in [-0.3, -0.25) is 0 Å². The van der Waals surface area contributed by atoms with Crippen molar-refractivity contribution in [2.45, 2.75) is 6.18 Å². The lowest BCUT2D eigenvalue weighted by molar-refractivity contribution is -0.137. The number of rotatable bonds is 3. The summed E-state index contributed by atoms with van der Waals surface area (Å²) in [6.07, 6.45) is -4.73. The quantitative estimate of drug-likeness (QED) is 0.184. The fourth-order valence-electron chi connectivity index (χ4n) is 7.12. The first-order valence-electron chi connectivity index (χ1n) is 15.7. The average Bonchev–Trinajstić information content (AvgIpc) is 3.67. The average molecular weight is 678 g/mol. The second kappa shape index (κ2) is 11.6. The van der Waals surface area contributed by atoms with Crippen molar-refractivity contribution in [2.75, 3.05) is 0 Å². The van der Waals surface area contributed by atoms with Gasteiger partial charge in [0.05, 0.1) is 85.5 Å². The van der Waals surface area contributed by atoms with E-state index in [0.29, 0.717) is 71.6 Å². The molecule has 0 atom stereocenters. The van der Waals surface area contributed by atoms with Crippen LogP contribution >= 0.6 is 0 Å². The molecule has 0 spiro atoms. The van der Waals surface area contributed by atoms with E-state index in [9.17, 15) is 39.5 Å². The van der Waals surface area contributed by atoms with Crippen molar-refractivity contribution in [3.63, 3.8) is 0 Å². The second-order valence-electron chi connectivity index (χ2n) is 12.1. The molecule has 7 nitrogen and oxygen atoms in total. The Morgan fingerprint density at radius 3 is 1.27 bits per heavy atom. The van der Waals surface area contributed by atoms with Gasteiger partial charge in [-0.05, 0) is 90.5 Å². The Balaban J connectivity index is 1.59. The summed E-state index contributed by atoms with van der Waals surface area (Å²) in [5.74, 6) is 0. The number of alkyl halides is 3. The maximum atomic E-state index is 14.7. The molecular weight excluding hydrogens is 660 g/mol. The van der Waals surface area contributed by atoms with Crippen molar-refractivity contribution in [2.24, 2.45) is 0 Å². The zero-order valence-electron chi connectivity index (χ0n) is 26.7. The van der Waals surface area contributed by atoms with Crippen molar-refractivity contribution in [1.82, 2.24) is 9.13 Å². The van der Waals surface area contributed by atoms with Crippen LogP contribution in [0.4, 0.5) is 13.2 Å². The monoisotopic (exact) mass is 677 g/mol. The Labute approximate surface area is 293 Å². The highest BCUT2D eigenvalue weighted by Gasteiger charge is 2.35. The van der Waals surface area contributed by atoms with E-state index >= 15 is 0 Å². The Morgan fingerprint density at radius 1 is 0.442 bits per heavy atom. The smallest absolute Gasteiger partial charge is 0.308 e. The van der Waals surface area contributed by atoms with Gasteiger partial charge in [-0.25, -0.2) is 0 Å². The topological polar surface area (TPSA) is 129 Å². The molecule has 2 heterocycles. The first kappa shape index (κ1) is 31.4. The normalized spacial score (nSPS) is 11.3. The second-order valence-corrected chi connectivity index (χ2v) is 12.1. The zero-order chi connectivity index (χ0) is 36.3. The van der Waals surface area contributed by atoms with Gasteiger partial charge >= 0.3 is 6.18 Å². The number of hydrogen-bond donors (Lipinski definition) is 0. The maximum absolute atomic E-state index is 14.7. The molecule has 6 aromatic carbocycles. The Bertz CT molecular complexity index is 2930. The van der Waals surface area contributed by atoms with E-state index in [2.05, 4.69) is 30.3 Å². The fourth-order valence-corrected chi connectivity index (χ4v) is 7.12. The molecular formula is C42H18F3N7. The lowest BCUT2D eigenvalue weighted by Crippen LogP contribution is -2.10. The molecule has 242 valence electrons. The number of nitriles is 5. The van der Waals surface area contributed by atoms with E-state index in [0.717, 1.165) is 6.07 Å². The molecule has 0 fully saturated rings. The van der Waals surface area contributed by atoms with Crippen molar-refractivity contribution in [1.29, 1.82) is 26.3 Å². The van der Waals surface area contributed by atoms with E-state index < -0.39 is 11.7 Å². The molecule has 0 aliphatic heterocycles. The van der Waals surface area contributed by atoms with Crippen molar-refractivity contribution in [3.05, 3.63) is 143 Å². The van der Waals surface area contributed by atoms with Crippen LogP contribution < -0.4 is 0 Å². The molecule has 52 heavy (non-hydrogen) atoms. The molecule has 10 heteroatoms. The van der Waals surface area contributed by atoms with Crippen LogP contribution in [0, 0.1) is 56.7 Å². The molecule has 0 unspecified atom stereocenters. The largest absolute Gasteiger partial charge is 0.417 e. The Hall–Kier alpha value is -7.84. The lowest BCUT2D eigenvalue weighted by Gasteiger charge is -2.21. The van der Waals surface area contributed by atoms with Gasteiger partial charge in [0.2, 0.25) is 0 Å². The van der Waals surface area contributed by atoms with Gasteiger partial charge in [0.1, 0.15) is 11.6 Å². The van der Waals surface area contributed by atoms with Crippen LogP contribution in [0.25, 0.3) is 66.1 Å². The summed E-state index contributed by atoms with van der Waals surface area (Å²) in [5.41, 5.74) is 3.28. The van der Waals surface area contributed by atoms with E-state index in [1.807, 2.05) is 4.57 Å². The third-order valence-electron chi connectivity index (χ3n) is 9.30. The Morgan fingerprint density at radius 2 is 0.865 bits per heavy atom. The minimum atomic E-state index is -4.73. The first-order chi connectivity index (χ1) is 25.2. The van der Waals surface area contributed by atoms with Crippen LogP contribution in [0.5, 0.6) is 0 Å². The van der Waals surface area contributed by atoms with E-state index in [1.165, 1.54) is 18.2 Å². The number of benzene rings is 6. The van der Waals surface area contributed by atoms with E-state index in [4.69, 9.17) is 0 Å². The molecule has 0 aliphatic carbocycles. The van der Waals surface area contributed by atoms with Crippen LogP contribution in [0.2, 0.25) is 0 Å².